The van der Waals surface area contributed by atoms with Crippen LogP contribution in [0.1, 0.15) is 33.3 Å². The van der Waals surface area contributed by atoms with Gasteiger partial charge in [0, 0.05) is 12.0 Å². The predicted octanol–water partition coefficient (Wildman–Crippen LogP) is 2.96. The van der Waals surface area contributed by atoms with E-state index in [4.69, 9.17) is 4.74 Å². The Bertz CT molecular complexity index is 437. The highest BCUT2D eigenvalue weighted by atomic mass is 16.6. The molecule has 0 aliphatic carbocycles. The smallest absolute Gasteiger partial charge is 0.407 e. The molecule has 0 spiro atoms. The zero-order valence-corrected chi connectivity index (χ0v) is 12.6. The fraction of sp³-hybridized carbons (Fsp3) is 0.500. The van der Waals surface area contributed by atoms with Crippen molar-refractivity contribution in [3.63, 3.8) is 0 Å². The molecule has 1 rings (SSSR count). The Kier molecular flexibility index (Phi) is 5.74. The molecule has 4 heteroatoms. The molecule has 20 heavy (non-hydrogen) atoms. The van der Waals surface area contributed by atoms with E-state index >= 15 is 0 Å². The van der Waals surface area contributed by atoms with Crippen LogP contribution in [-0.2, 0) is 16.0 Å². The zero-order chi connectivity index (χ0) is 15.2. The Morgan fingerprint density at radius 1 is 1.30 bits per heavy atom. The van der Waals surface area contributed by atoms with E-state index in [0.29, 0.717) is 6.42 Å². The molecule has 0 saturated heterocycles. The molecule has 0 fully saturated rings. The lowest BCUT2D eigenvalue weighted by molar-refractivity contribution is -0.111. The average Bonchev–Trinajstić information content (AvgIpc) is 2.36. The van der Waals surface area contributed by atoms with Crippen molar-refractivity contribution in [1.82, 2.24) is 5.32 Å². The number of alkyl carbamates (subject to hydrolysis) is 1. The Hall–Kier alpha value is -1.84. The molecular weight excluding hydrogens is 254 g/mol. The van der Waals surface area contributed by atoms with E-state index in [1.807, 2.05) is 51.1 Å². The van der Waals surface area contributed by atoms with Gasteiger partial charge in [0.1, 0.15) is 11.9 Å². The molecule has 0 aromatic heterocycles. The minimum atomic E-state index is -0.550. The molecule has 1 amide bonds. The normalized spacial score (nSPS) is 14.2. The lowest BCUT2D eigenvalue weighted by Gasteiger charge is -2.25. The molecule has 2 atom stereocenters. The lowest BCUT2D eigenvalue weighted by atomic mass is 9.96. The fourth-order valence-electron chi connectivity index (χ4n) is 1.79. The number of benzene rings is 1. The third-order valence-corrected chi connectivity index (χ3v) is 2.85. The first kappa shape index (κ1) is 16.2. The number of carbonyl (C=O) groups excluding carboxylic acids is 2. The molecule has 1 aromatic rings. The Morgan fingerprint density at radius 3 is 2.40 bits per heavy atom. The van der Waals surface area contributed by atoms with E-state index in [2.05, 4.69) is 5.32 Å². The number of amides is 1. The Balaban J connectivity index is 2.70. The monoisotopic (exact) mass is 277 g/mol. The number of carbonyl (C=O) groups is 2. The lowest BCUT2D eigenvalue weighted by Crippen LogP contribution is -2.44. The molecule has 1 N–H and O–H groups in total. The zero-order valence-electron chi connectivity index (χ0n) is 12.6. The van der Waals surface area contributed by atoms with Gasteiger partial charge >= 0.3 is 6.09 Å². The minimum absolute atomic E-state index is 0.273. The van der Waals surface area contributed by atoms with E-state index in [1.54, 1.807) is 6.92 Å². The van der Waals surface area contributed by atoms with Gasteiger partial charge < -0.3 is 14.8 Å². The Labute approximate surface area is 120 Å². The maximum Gasteiger partial charge on any atom is 0.407 e. The first-order chi connectivity index (χ1) is 9.31. The summed E-state index contributed by atoms with van der Waals surface area (Å²) < 4.78 is 5.23. The van der Waals surface area contributed by atoms with Crippen LogP contribution in [-0.4, -0.2) is 24.0 Å². The molecule has 1 aromatic carbocycles. The van der Waals surface area contributed by atoms with Gasteiger partial charge in [-0.15, -0.1) is 0 Å². The van der Waals surface area contributed by atoms with Crippen LogP contribution in [0.25, 0.3) is 0 Å². The summed E-state index contributed by atoms with van der Waals surface area (Å²) in [7, 11) is 0. The van der Waals surface area contributed by atoms with Crippen molar-refractivity contribution in [1.29, 1.82) is 0 Å². The van der Waals surface area contributed by atoms with Crippen molar-refractivity contribution in [3.8, 4) is 0 Å². The number of hydrogen-bond donors (Lipinski definition) is 1. The number of aldehydes is 1. The van der Waals surface area contributed by atoms with Gasteiger partial charge in [0.2, 0.25) is 0 Å². The highest BCUT2D eigenvalue weighted by molar-refractivity contribution is 5.69. The Morgan fingerprint density at radius 2 is 1.90 bits per heavy atom. The van der Waals surface area contributed by atoms with Crippen molar-refractivity contribution < 1.29 is 14.3 Å². The second-order valence-electron chi connectivity index (χ2n) is 5.94. The van der Waals surface area contributed by atoms with E-state index in [0.717, 1.165) is 11.8 Å². The van der Waals surface area contributed by atoms with Crippen LogP contribution in [0.4, 0.5) is 4.79 Å². The highest BCUT2D eigenvalue weighted by Gasteiger charge is 2.23. The van der Waals surface area contributed by atoms with Crippen LogP contribution >= 0.6 is 0 Å². The van der Waals surface area contributed by atoms with Crippen molar-refractivity contribution in [2.45, 2.75) is 45.8 Å². The van der Waals surface area contributed by atoms with Crippen molar-refractivity contribution >= 4 is 12.4 Å². The minimum Gasteiger partial charge on any atom is -0.444 e. The van der Waals surface area contributed by atoms with Crippen LogP contribution in [0, 0.1) is 5.92 Å². The third-order valence-electron chi connectivity index (χ3n) is 2.85. The summed E-state index contributed by atoms with van der Waals surface area (Å²) in [6, 6.07) is 9.48. The summed E-state index contributed by atoms with van der Waals surface area (Å²) in [5.41, 5.74) is 0.522. The maximum atomic E-state index is 11.8. The number of hydrogen-bond acceptors (Lipinski definition) is 3. The standard InChI is InChI=1S/C16H23NO3/c1-12(11-18)14(10-13-8-6-5-7-9-13)17-15(19)20-16(2,3)4/h5-9,11-12,14H,10H2,1-4H3,(H,17,19)/t12-,14+/m1/s1. The first-order valence-corrected chi connectivity index (χ1v) is 6.80. The van der Waals surface area contributed by atoms with Crippen molar-refractivity contribution in [2.24, 2.45) is 5.92 Å². The summed E-state index contributed by atoms with van der Waals surface area (Å²) in [4.78, 5) is 22.8. The molecule has 4 nitrogen and oxygen atoms in total. The van der Waals surface area contributed by atoms with Gasteiger partial charge in [0.15, 0.2) is 0 Å². The summed E-state index contributed by atoms with van der Waals surface area (Å²) in [6.07, 6.45) is 0.956. The van der Waals surface area contributed by atoms with E-state index in [-0.39, 0.29) is 12.0 Å². The molecule has 110 valence electrons. The van der Waals surface area contributed by atoms with Gasteiger partial charge in [-0.1, -0.05) is 37.3 Å². The molecular formula is C16H23NO3. The van der Waals surface area contributed by atoms with E-state index in [9.17, 15) is 9.59 Å². The molecule has 0 bridgehead atoms. The van der Waals surface area contributed by atoms with Gasteiger partial charge in [-0.05, 0) is 32.8 Å². The number of ether oxygens (including phenoxy) is 1. The van der Waals surface area contributed by atoms with Gasteiger partial charge in [0.05, 0.1) is 0 Å². The van der Waals surface area contributed by atoms with Gasteiger partial charge in [-0.2, -0.15) is 0 Å². The van der Waals surface area contributed by atoms with Crippen molar-refractivity contribution in [2.75, 3.05) is 0 Å². The summed E-state index contributed by atoms with van der Waals surface area (Å²) in [6.45, 7) is 7.21. The van der Waals surface area contributed by atoms with Gasteiger partial charge in [-0.3, -0.25) is 0 Å². The third kappa shape index (κ3) is 5.87. The topological polar surface area (TPSA) is 55.4 Å². The SMILES string of the molecule is C[C@H](C=O)[C@H](Cc1ccccc1)NC(=O)OC(C)(C)C. The van der Waals surface area contributed by atoms with Crippen LogP contribution in [0.3, 0.4) is 0 Å². The van der Waals surface area contributed by atoms with Crippen molar-refractivity contribution in [3.05, 3.63) is 35.9 Å². The molecule has 0 heterocycles. The quantitative estimate of drug-likeness (QED) is 0.842. The van der Waals surface area contributed by atoms with Crippen LogP contribution in [0.15, 0.2) is 30.3 Å². The summed E-state index contributed by atoms with van der Waals surface area (Å²) in [5, 5.41) is 2.78. The van der Waals surface area contributed by atoms with E-state index in [1.165, 1.54) is 0 Å². The predicted molar refractivity (Wildman–Crippen MR) is 78.5 cm³/mol. The molecule has 0 radical (unpaired) electrons. The highest BCUT2D eigenvalue weighted by Crippen LogP contribution is 2.12. The van der Waals surface area contributed by atoms with Gasteiger partial charge in [0.25, 0.3) is 0 Å². The first-order valence-electron chi connectivity index (χ1n) is 6.80. The summed E-state index contributed by atoms with van der Waals surface area (Å²) in [5.74, 6) is -0.275. The summed E-state index contributed by atoms with van der Waals surface area (Å²) >= 11 is 0. The second kappa shape index (κ2) is 7.08. The molecule has 0 aliphatic rings. The van der Waals surface area contributed by atoms with E-state index < -0.39 is 11.7 Å². The number of nitrogens with one attached hydrogen (secondary N) is 1. The number of rotatable bonds is 5. The molecule has 0 aliphatic heterocycles. The van der Waals surface area contributed by atoms with Crippen LogP contribution < -0.4 is 5.32 Å². The van der Waals surface area contributed by atoms with Crippen LogP contribution in [0.5, 0.6) is 0 Å². The molecule has 0 unspecified atom stereocenters. The van der Waals surface area contributed by atoms with Crippen LogP contribution in [0.2, 0.25) is 0 Å². The second-order valence-corrected chi connectivity index (χ2v) is 5.94. The maximum absolute atomic E-state index is 11.8. The molecule has 0 saturated carbocycles. The van der Waals surface area contributed by atoms with Gasteiger partial charge in [-0.25, -0.2) is 4.79 Å². The average molecular weight is 277 g/mol. The fourth-order valence-corrected chi connectivity index (χ4v) is 1.79. The largest absolute Gasteiger partial charge is 0.444 e.